The molecule has 2 aromatic rings. The van der Waals surface area contributed by atoms with E-state index in [0.717, 1.165) is 17.7 Å². The van der Waals surface area contributed by atoms with Crippen LogP contribution in [-0.2, 0) is 11.8 Å². The van der Waals surface area contributed by atoms with Crippen molar-refractivity contribution >= 4 is 41.5 Å². The summed E-state index contributed by atoms with van der Waals surface area (Å²) in [4.78, 5) is 20.6. The third kappa shape index (κ3) is 4.13. The maximum Gasteiger partial charge on any atom is 0.246 e. The smallest absolute Gasteiger partial charge is 0.246 e. The van der Waals surface area contributed by atoms with E-state index in [-0.39, 0.29) is 54.2 Å². The molecule has 2 atom stereocenters. The fourth-order valence-electron chi connectivity index (χ4n) is 3.61. The largest absolute Gasteiger partial charge is 0.353 e. The van der Waals surface area contributed by atoms with Crippen LogP contribution in [0.25, 0.3) is 0 Å². The summed E-state index contributed by atoms with van der Waals surface area (Å²) in [5, 5.41) is 7.52. The molecule has 28 heavy (non-hydrogen) atoms. The lowest BCUT2D eigenvalue weighted by Crippen LogP contribution is -2.55. The number of carbonyl (C=O) groups is 1. The van der Waals surface area contributed by atoms with Gasteiger partial charge in [0.2, 0.25) is 5.91 Å². The normalized spacial score (nSPS) is 22.1. The second kappa shape index (κ2) is 8.46. The lowest BCUT2D eigenvalue weighted by atomic mass is 10.1. The number of piperazine rings is 1. The highest BCUT2D eigenvalue weighted by molar-refractivity contribution is 14.0. The number of aliphatic imine (C=N–C) groups is 1. The summed E-state index contributed by atoms with van der Waals surface area (Å²) in [6.07, 6.45) is 4.40. The fourth-order valence-corrected chi connectivity index (χ4v) is 3.61. The zero-order valence-corrected chi connectivity index (χ0v) is 18.2. The molecule has 1 aromatic carbocycles. The Morgan fingerprint density at radius 1 is 1.32 bits per heavy atom. The number of aromatic nitrogens is 2. The first-order valence-electron chi connectivity index (χ1n) is 9.08. The van der Waals surface area contributed by atoms with Crippen molar-refractivity contribution in [2.45, 2.75) is 18.4 Å². The molecule has 2 heterocycles. The molecule has 1 saturated heterocycles. The van der Waals surface area contributed by atoms with Gasteiger partial charge in [-0.05, 0) is 18.1 Å². The van der Waals surface area contributed by atoms with Crippen LogP contribution < -0.4 is 10.2 Å². The van der Waals surface area contributed by atoms with Gasteiger partial charge in [-0.1, -0.05) is 18.2 Å². The van der Waals surface area contributed by atoms with Crippen molar-refractivity contribution in [3.8, 4) is 0 Å². The van der Waals surface area contributed by atoms with Gasteiger partial charge in [-0.15, -0.1) is 24.0 Å². The van der Waals surface area contributed by atoms with E-state index in [9.17, 15) is 9.18 Å². The van der Waals surface area contributed by atoms with Crippen molar-refractivity contribution in [2.75, 3.05) is 31.6 Å². The Hall–Kier alpha value is -2.17. The number of nitrogens with zero attached hydrogens (tertiary/aromatic N) is 5. The standard InChI is InChI=1S/C19H23FN6O.HI/c1-21-19(23-17-9-15(17)14-5-3-4-6-16(14)20)25-7-8-26(18(27)12-25)13-10-22-24(2)11-13;/h3-6,10-11,15,17H,7-9,12H2,1-2H3,(H,21,23);1H. The van der Waals surface area contributed by atoms with Crippen LogP contribution in [0.15, 0.2) is 41.7 Å². The minimum Gasteiger partial charge on any atom is -0.353 e. The van der Waals surface area contributed by atoms with Crippen LogP contribution in [0.5, 0.6) is 0 Å². The molecule has 0 radical (unpaired) electrons. The zero-order valence-electron chi connectivity index (χ0n) is 15.9. The maximum absolute atomic E-state index is 14.0. The van der Waals surface area contributed by atoms with Crippen molar-refractivity contribution in [3.05, 3.63) is 48.0 Å². The Balaban J connectivity index is 0.00000225. The molecule has 2 fully saturated rings. The Labute approximate surface area is 180 Å². The molecule has 1 aromatic heterocycles. The summed E-state index contributed by atoms with van der Waals surface area (Å²) in [6, 6.07) is 7.04. The molecule has 2 aliphatic rings. The van der Waals surface area contributed by atoms with Crippen LogP contribution in [0.4, 0.5) is 10.1 Å². The number of halogens is 2. The Bertz CT molecular complexity index is 885. The summed E-state index contributed by atoms with van der Waals surface area (Å²) in [5.41, 5.74) is 1.55. The molecule has 4 rings (SSSR count). The quantitative estimate of drug-likeness (QED) is 0.400. The monoisotopic (exact) mass is 498 g/mol. The molecule has 1 aliphatic heterocycles. The summed E-state index contributed by atoms with van der Waals surface area (Å²) < 4.78 is 15.6. The second-order valence-electron chi connectivity index (χ2n) is 7.00. The topological polar surface area (TPSA) is 65.8 Å². The Morgan fingerprint density at radius 3 is 2.75 bits per heavy atom. The minimum absolute atomic E-state index is 0. The van der Waals surface area contributed by atoms with Crippen LogP contribution in [0.1, 0.15) is 17.9 Å². The van der Waals surface area contributed by atoms with Crippen LogP contribution in [-0.4, -0.2) is 59.3 Å². The highest BCUT2D eigenvalue weighted by atomic mass is 127. The van der Waals surface area contributed by atoms with Crippen LogP contribution >= 0.6 is 24.0 Å². The number of carbonyl (C=O) groups excluding carboxylic acids is 1. The minimum atomic E-state index is -0.165. The van der Waals surface area contributed by atoms with E-state index >= 15 is 0 Å². The number of anilines is 1. The molecule has 0 bridgehead atoms. The first kappa shape index (κ1) is 20.6. The van der Waals surface area contributed by atoms with Crippen molar-refractivity contribution in [2.24, 2.45) is 12.0 Å². The van der Waals surface area contributed by atoms with Crippen molar-refractivity contribution in [1.82, 2.24) is 20.0 Å². The van der Waals surface area contributed by atoms with E-state index in [1.54, 1.807) is 28.9 Å². The molecule has 7 nitrogen and oxygen atoms in total. The van der Waals surface area contributed by atoms with Gasteiger partial charge in [0.25, 0.3) is 0 Å². The zero-order chi connectivity index (χ0) is 19.0. The SMILES string of the molecule is CN=C(NC1CC1c1ccccc1F)N1CCN(c2cnn(C)c2)C(=O)C1.I. The van der Waals surface area contributed by atoms with E-state index in [0.29, 0.717) is 19.0 Å². The molecular weight excluding hydrogens is 474 g/mol. The second-order valence-corrected chi connectivity index (χ2v) is 7.00. The van der Waals surface area contributed by atoms with E-state index in [2.05, 4.69) is 15.4 Å². The molecule has 9 heteroatoms. The third-order valence-electron chi connectivity index (χ3n) is 5.14. The average Bonchev–Trinajstić information content (AvgIpc) is 3.29. The maximum atomic E-state index is 14.0. The van der Waals surface area contributed by atoms with Gasteiger partial charge in [-0.2, -0.15) is 5.10 Å². The van der Waals surface area contributed by atoms with Gasteiger partial charge in [-0.25, -0.2) is 4.39 Å². The summed E-state index contributed by atoms with van der Waals surface area (Å²) in [5.74, 6) is 0.689. The lowest BCUT2D eigenvalue weighted by molar-refractivity contribution is -0.120. The number of aryl methyl sites for hydroxylation is 1. The molecule has 1 aliphatic carbocycles. The van der Waals surface area contributed by atoms with Crippen LogP contribution in [0.3, 0.4) is 0 Å². The number of rotatable bonds is 3. The molecule has 1 N–H and O–H groups in total. The molecule has 2 unspecified atom stereocenters. The summed E-state index contributed by atoms with van der Waals surface area (Å²) in [7, 11) is 3.54. The number of hydrogen-bond donors (Lipinski definition) is 1. The highest BCUT2D eigenvalue weighted by Crippen LogP contribution is 2.41. The summed E-state index contributed by atoms with van der Waals surface area (Å²) in [6.45, 7) is 1.51. The van der Waals surface area contributed by atoms with E-state index in [4.69, 9.17) is 0 Å². The van der Waals surface area contributed by atoms with Crippen LogP contribution in [0.2, 0.25) is 0 Å². The van der Waals surface area contributed by atoms with Crippen molar-refractivity contribution in [3.63, 3.8) is 0 Å². The lowest BCUT2D eigenvalue weighted by Gasteiger charge is -2.35. The number of amides is 1. The van der Waals surface area contributed by atoms with Gasteiger partial charge >= 0.3 is 0 Å². The van der Waals surface area contributed by atoms with Gasteiger partial charge in [0.05, 0.1) is 11.9 Å². The van der Waals surface area contributed by atoms with Crippen molar-refractivity contribution < 1.29 is 9.18 Å². The number of hydrogen-bond acceptors (Lipinski definition) is 3. The molecule has 1 amide bonds. The number of nitrogens with one attached hydrogen (secondary N) is 1. The van der Waals surface area contributed by atoms with Crippen molar-refractivity contribution in [1.29, 1.82) is 0 Å². The van der Waals surface area contributed by atoms with Gasteiger partial charge in [0.15, 0.2) is 5.96 Å². The highest BCUT2D eigenvalue weighted by Gasteiger charge is 2.41. The number of guanidine groups is 1. The first-order valence-corrected chi connectivity index (χ1v) is 9.08. The van der Waals surface area contributed by atoms with Crippen LogP contribution in [0, 0.1) is 5.82 Å². The third-order valence-corrected chi connectivity index (χ3v) is 5.14. The summed E-state index contributed by atoms with van der Waals surface area (Å²) >= 11 is 0. The Kier molecular flexibility index (Phi) is 6.21. The first-order chi connectivity index (χ1) is 13.1. The predicted molar refractivity (Wildman–Crippen MR) is 117 cm³/mol. The van der Waals surface area contributed by atoms with Gasteiger partial charge < -0.3 is 15.1 Å². The fraction of sp³-hybridized carbons (Fsp3) is 0.421. The van der Waals surface area contributed by atoms with E-state index in [1.807, 2.05) is 30.3 Å². The Morgan fingerprint density at radius 2 is 2.11 bits per heavy atom. The predicted octanol–water partition coefficient (Wildman–Crippen LogP) is 1.96. The molecular formula is C19H24FIN6O. The van der Waals surface area contributed by atoms with Gasteiger partial charge in [0.1, 0.15) is 12.4 Å². The van der Waals surface area contributed by atoms with Gasteiger partial charge in [-0.3, -0.25) is 14.5 Å². The van der Waals surface area contributed by atoms with E-state index < -0.39 is 0 Å². The van der Waals surface area contributed by atoms with E-state index in [1.165, 1.54) is 6.07 Å². The molecule has 150 valence electrons. The molecule has 1 saturated carbocycles. The molecule has 0 spiro atoms. The average molecular weight is 498 g/mol. The number of benzene rings is 1. The van der Waals surface area contributed by atoms with Gasteiger partial charge in [0, 0.05) is 45.3 Å².